The molecule has 0 radical (unpaired) electrons. The van der Waals surface area contributed by atoms with Gasteiger partial charge in [-0.2, -0.15) is 0 Å². The summed E-state index contributed by atoms with van der Waals surface area (Å²) in [5.74, 6) is 0.228. The molecule has 0 bridgehead atoms. The third-order valence-electron chi connectivity index (χ3n) is 2.58. The highest BCUT2D eigenvalue weighted by atomic mass is 16.4. The number of carboxylic acid groups (broad SMARTS) is 2. The highest BCUT2D eigenvalue weighted by Crippen LogP contribution is 2.28. The van der Waals surface area contributed by atoms with Crippen LogP contribution in [0, 0.1) is 11.3 Å². The molecule has 0 aromatic heterocycles. The van der Waals surface area contributed by atoms with E-state index in [1.807, 2.05) is 20.8 Å². The van der Waals surface area contributed by atoms with Gasteiger partial charge in [-0.3, -0.25) is 0 Å². The molecule has 1 atom stereocenters. The monoisotopic (exact) mass is 246 g/mol. The highest BCUT2D eigenvalue weighted by Gasteiger charge is 2.21. The van der Waals surface area contributed by atoms with Gasteiger partial charge in [0.2, 0.25) is 0 Å². The molecule has 17 heavy (non-hydrogen) atoms. The van der Waals surface area contributed by atoms with Crippen LogP contribution in [0.4, 0.5) is 9.59 Å². The van der Waals surface area contributed by atoms with E-state index in [1.54, 1.807) is 0 Å². The molecule has 0 saturated carbocycles. The van der Waals surface area contributed by atoms with Crippen LogP contribution in [0.1, 0.15) is 33.6 Å². The molecule has 0 aromatic rings. The first kappa shape index (κ1) is 15.5. The van der Waals surface area contributed by atoms with Crippen molar-refractivity contribution in [3.63, 3.8) is 0 Å². The van der Waals surface area contributed by atoms with E-state index in [2.05, 4.69) is 10.6 Å². The lowest BCUT2D eigenvalue weighted by atomic mass is 9.80. The normalized spacial score (nSPS) is 12.9. The predicted octanol–water partition coefficient (Wildman–Crippen LogP) is 1.96. The van der Waals surface area contributed by atoms with Crippen molar-refractivity contribution in [1.82, 2.24) is 10.6 Å². The van der Waals surface area contributed by atoms with Crippen molar-refractivity contribution in [3.05, 3.63) is 0 Å². The van der Waals surface area contributed by atoms with Crippen LogP contribution in [0.25, 0.3) is 0 Å². The van der Waals surface area contributed by atoms with Crippen LogP contribution >= 0.6 is 0 Å². The van der Waals surface area contributed by atoms with Gasteiger partial charge in [-0.25, -0.2) is 9.59 Å². The summed E-state index contributed by atoms with van der Waals surface area (Å²) in [6, 6.07) is 0. The maximum absolute atomic E-state index is 10.3. The van der Waals surface area contributed by atoms with Crippen molar-refractivity contribution >= 4 is 12.2 Å². The fourth-order valence-electron chi connectivity index (χ4n) is 1.89. The van der Waals surface area contributed by atoms with Crippen molar-refractivity contribution in [2.45, 2.75) is 33.6 Å². The van der Waals surface area contributed by atoms with Crippen molar-refractivity contribution in [1.29, 1.82) is 0 Å². The zero-order valence-corrected chi connectivity index (χ0v) is 10.6. The van der Waals surface area contributed by atoms with E-state index in [1.165, 1.54) is 0 Å². The first-order valence-electron chi connectivity index (χ1n) is 5.66. The van der Waals surface area contributed by atoms with Gasteiger partial charge in [-0.05, 0) is 24.2 Å². The summed E-state index contributed by atoms with van der Waals surface area (Å²) in [5, 5.41) is 21.6. The van der Waals surface area contributed by atoms with Crippen LogP contribution in [0.5, 0.6) is 0 Å². The maximum atomic E-state index is 10.3. The van der Waals surface area contributed by atoms with Gasteiger partial charge in [0, 0.05) is 13.1 Å². The molecule has 4 N–H and O–H groups in total. The lowest BCUT2D eigenvalue weighted by Crippen LogP contribution is -2.31. The minimum absolute atomic E-state index is 0.0119. The van der Waals surface area contributed by atoms with E-state index in [4.69, 9.17) is 10.2 Å². The third kappa shape index (κ3) is 9.47. The Kier molecular flexibility index (Phi) is 6.38. The minimum Gasteiger partial charge on any atom is -0.465 e. The lowest BCUT2D eigenvalue weighted by Gasteiger charge is -2.28. The molecule has 2 amide bonds. The zero-order valence-electron chi connectivity index (χ0n) is 10.6. The van der Waals surface area contributed by atoms with Crippen LogP contribution in [-0.4, -0.2) is 35.5 Å². The molecule has 0 fully saturated rings. The fraction of sp³-hybridized carbons (Fsp3) is 0.818. The van der Waals surface area contributed by atoms with Gasteiger partial charge in [0.05, 0.1) is 0 Å². The molecule has 0 rings (SSSR count). The highest BCUT2D eigenvalue weighted by molar-refractivity contribution is 5.64. The molecule has 0 aliphatic rings. The van der Waals surface area contributed by atoms with Gasteiger partial charge in [0.15, 0.2) is 0 Å². The molecule has 0 aliphatic carbocycles. The van der Waals surface area contributed by atoms with E-state index < -0.39 is 12.2 Å². The molecule has 1 unspecified atom stereocenters. The van der Waals surface area contributed by atoms with Crippen molar-refractivity contribution in [2.24, 2.45) is 11.3 Å². The second kappa shape index (κ2) is 6.98. The Balaban J connectivity index is 3.89. The number of carbonyl (C=O) groups is 2. The summed E-state index contributed by atoms with van der Waals surface area (Å²) in [5.41, 5.74) is -0.0119. The molecular formula is C11H22N2O4. The van der Waals surface area contributed by atoms with Crippen LogP contribution in [-0.2, 0) is 0 Å². The van der Waals surface area contributed by atoms with Crippen molar-refractivity contribution in [3.8, 4) is 0 Å². The number of amides is 2. The topological polar surface area (TPSA) is 98.7 Å². The van der Waals surface area contributed by atoms with Crippen LogP contribution in [0.2, 0.25) is 0 Å². The zero-order chi connectivity index (χ0) is 13.5. The molecule has 100 valence electrons. The maximum Gasteiger partial charge on any atom is 0.404 e. The average molecular weight is 246 g/mol. The number of rotatable bonds is 7. The van der Waals surface area contributed by atoms with E-state index in [0.29, 0.717) is 13.1 Å². The molecule has 6 heteroatoms. The summed E-state index contributed by atoms with van der Waals surface area (Å²) >= 11 is 0. The summed E-state index contributed by atoms with van der Waals surface area (Å²) in [7, 11) is 0. The average Bonchev–Trinajstić information content (AvgIpc) is 2.12. The summed E-state index contributed by atoms with van der Waals surface area (Å²) in [6.07, 6.45) is -0.450. The smallest absolute Gasteiger partial charge is 0.404 e. The van der Waals surface area contributed by atoms with E-state index in [9.17, 15) is 9.59 Å². The Morgan fingerprint density at radius 2 is 1.71 bits per heavy atom. The first-order valence-corrected chi connectivity index (χ1v) is 5.66. The van der Waals surface area contributed by atoms with Crippen LogP contribution in [0.15, 0.2) is 0 Å². The Morgan fingerprint density at radius 1 is 1.18 bits per heavy atom. The van der Waals surface area contributed by atoms with Crippen LogP contribution < -0.4 is 10.6 Å². The largest absolute Gasteiger partial charge is 0.465 e. The quantitative estimate of drug-likeness (QED) is 0.552. The number of hydrogen-bond acceptors (Lipinski definition) is 2. The molecule has 0 saturated heterocycles. The summed E-state index contributed by atoms with van der Waals surface area (Å²) in [6.45, 7) is 6.91. The van der Waals surface area contributed by atoms with Gasteiger partial charge >= 0.3 is 12.2 Å². The Hall–Kier alpha value is -1.46. The van der Waals surface area contributed by atoms with Crippen molar-refractivity contribution < 1.29 is 19.8 Å². The van der Waals surface area contributed by atoms with Gasteiger partial charge in [-0.15, -0.1) is 0 Å². The lowest BCUT2D eigenvalue weighted by molar-refractivity contribution is 0.184. The fourth-order valence-corrected chi connectivity index (χ4v) is 1.89. The second-order valence-corrected chi connectivity index (χ2v) is 5.14. The molecule has 0 heterocycles. The SMILES string of the molecule is CC(CNC(=O)O)CC(C)(C)CCNC(=O)O. The summed E-state index contributed by atoms with van der Waals surface area (Å²) < 4.78 is 0. The van der Waals surface area contributed by atoms with Crippen LogP contribution in [0.3, 0.4) is 0 Å². The molecule has 0 aliphatic heterocycles. The van der Waals surface area contributed by atoms with Gasteiger partial charge < -0.3 is 20.8 Å². The van der Waals surface area contributed by atoms with Gasteiger partial charge in [0.25, 0.3) is 0 Å². The molecular weight excluding hydrogens is 224 g/mol. The standard InChI is InChI=1S/C11H22N2O4/c1-8(7-13-10(16)17)6-11(2,3)4-5-12-9(14)15/h8,12-13H,4-7H2,1-3H3,(H,14,15)(H,16,17). The first-order chi connectivity index (χ1) is 7.73. The number of hydrogen-bond donors (Lipinski definition) is 4. The number of nitrogens with one attached hydrogen (secondary N) is 2. The Morgan fingerprint density at radius 3 is 2.18 bits per heavy atom. The van der Waals surface area contributed by atoms with E-state index >= 15 is 0 Å². The second-order valence-electron chi connectivity index (χ2n) is 5.14. The Bertz CT molecular complexity index is 266. The van der Waals surface area contributed by atoms with E-state index in [0.717, 1.165) is 12.8 Å². The minimum atomic E-state index is -1.01. The summed E-state index contributed by atoms with van der Waals surface area (Å²) in [4.78, 5) is 20.6. The molecule has 0 aromatic carbocycles. The predicted molar refractivity (Wildman–Crippen MR) is 64.2 cm³/mol. The van der Waals surface area contributed by atoms with E-state index in [-0.39, 0.29) is 11.3 Å². The Labute approximate surface area is 101 Å². The van der Waals surface area contributed by atoms with Gasteiger partial charge in [-0.1, -0.05) is 20.8 Å². The molecule has 0 spiro atoms. The van der Waals surface area contributed by atoms with Crippen molar-refractivity contribution in [2.75, 3.05) is 13.1 Å². The molecule has 6 nitrogen and oxygen atoms in total. The third-order valence-corrected chi connectivity index (χ3v) is 2.58. The van der Waals surface area contributed by atoms with Gasteiger partial charge in [0.1, 0.15) is 0 Å².